The van der Waals surface area contributed by atoms with Gasteiger partial charge in [-0.15, -0.1) is 0 Å². The molecular weight excluding hydrogens is 292 g/mol. The Kier molecular flexibility index (Phi) is 14.1. The maximum atomic E-state index is 11.1. The molecular formula is C19H36O4. The normalized spacial score (nSPS) is 12.0. The van der Waals surface area contributed by atoms with Crippen LogP contribution in [-0.4, -0.2) is 29.1 Å². The average Bonchev–Trinajstić information content (AvgIpc) is 2.54. The lowest BCUT2D eigenvalue weighted by atomic mass is 10.1. The van der Waals surface area contributed by atoms with Crippen LogP contribution in [0.2, 0.25) is 0 Å². The molecule has 4 heteroatoms. The van der Waals surface area contributed by atoms with Crippen LogP contribution >= 0.6 is 0 Å². The molecule has 0 bridgehead atoms. The fourth-order valence-electron chi connectivity index (χ4n) is 2.53. The standard InChI is InChI=1S/C19H36O4/c1-3-4-5-6-7-8-9-10-11-12-13-14-15-16-17-19(21,22)18(20)23-2/h10-11,21-22H,3-9,12-17H2,1-2H3/b11-10-. The molecule has 0 aromatic carbocycles. The molecule has 0 radical (unpaired) electrons. The lowest BCUT2D eigenvalue weighted by molar-refractivity contribution is -0.209. The third-order valence-electron chi connectivity index (χ3n) is 4.05. The highest BCUT2D eigenvalue weighted by atomic mass is 16.6. The van der Waals surface area contributed by atoms with E-state index in [1.165, 1.54) is 44.9 Å². The Morgan fingerprint density at radius 3 is 1.87 bits per heavy atom. The number of aliphatic hydroxyl groups is 2. The number of rotatable bonds is 15. The second kappa shape index (κ2) is 14.7. The van der Waals surface area contributed by atoms with Crippen LogP contribution in [0.5, 0.6) is 0 Å². The summed E-state index contributed by atoms with van der Waals surface area (Å²) >= 11 is 0. The van der Waals surface area contributed by atoms with Gasteiger partial charge in [-0.1, -0.05) is 64.0 Å². The van der Waals surface area contributed by atoms with Crippen molar-refractivity contribution in [2.45, 2.75) is 96.2 Å². The average molecular weight is 328 g/mol. The summed E-state index contributed by atoms with van der Waals surface area (Å²) in [6.45, 7) is 2.24. The highest BCUT2D eigenvalue weighted by Crippen LogP contribution is 2.15. The molecule has 0 fully saturated rings. The molecule has 0 aromatic rings. The molecule has 0 unspecified atom stereocenters. The second-order valence-corrected chi connectivity index (χ2v) is 6.29. The van der Waals surface area contributed by atoms with Crippen LogP contribution in [0, 0.1) is 0 Å². The Balaban J connectivity index is 3.36. The molecule has 0 saturated carbocycles. The second-order valence-electron chi connectivity index (χ2n) is 6.29. The molecule has 0 saturated heterocycles. The molecule has 0 aliphatic heterocycles. The smallest absolute Gasteiger partial charge is 0.366 e. The first-order chi connectivity index (χ1) is 11.0. The van der Waals surface area contributed by atoms with E-state index >= 15 is 0 Å². The fourth-order valence-corrected chi connectivity index (χ4v) is 2.53. The van der Waals surface area contributed by atoms with Crippen molar-refractivity contribution < 1.29 is 19.7 Å². The number of hydrogen-bond donors (Lipinski definition) is 2. The van der Waals surface area contributed by atoms with Crippen molar-refractivity contribution in [3.63, 3.8) is 0 Å². The van der Waals surface area contributed by atoms with Gasteiger partial charge in [-0.3, -0.25) is 0 Å². The first kappa shape index (κ1) is 22.1. The molecule has 0 atom stereocenters. The van der Waals surface area contributed by atoms with Crippen molar-refractivity contribution in [1.29, 1.82) is 0 Å². The molecule has 0 aliphatic rings. The van der Waals surface area contributed by atoms with E-state index in [0.29, 0.717) is 6.42 Å². The summed E-state index contributed by atoms with van der Waals surface area (Å²) in [5, 5.41) is 18.9. The maximum Gasteiger partial charge on any atom is 0.366 e. The van der Waals surface area contributed by atoms with Crippen molar-refractivity contribution in [3.05, 3.63) is 12.2 Å². The van der Waals surface area contributed by atoms with Crippen LogP contribution in [0.3, 0.4) is 0 Å². The molecule has 0 heterocycles. The molecule has 23 heavy (non-hydrogen) atoms. The van der Waals surface area contributed by atoms with Gasteiger partial charge in [0.15, 0.2) is 0 Å². The highest BCUT2D eigenvalue weighted by Gasteiger charge is 2.33. The van der Waals surface area contributed by atoms with Gasteiger partial charge in [0, 0.05) is 6.42 Å². The Morgan fingerprint density at radius 1 is 0.870 bits per heavy atom. The van der Waals surface area contributed by atoms with Crippen LogP contribution < -0.4 is 0 Å². The fraction of sp³-hybridized carbons (Fsp3) is 0.842. The first-order valence-corrected chi connectivity index (χ1v) is 9.22. The third-order valence-corrected chi connectivity index (χ3v) is 4.05. The zero-order valence-electron chi connectivity index (χ0n) is 15.1. The zero-order valence-corrected chi connectivity index (χ0v) is 15.1. The summed E-state index contributed by atoms with van der Waals surface area (Å²) in [6, 6.07) is 0. The minimum absolute atomic E-state index is 0.0353. The monoisotopic (exact) mass is 328 g/mol. The largest absolute Gasteiger partial charge is 0.465 e. The van der Waals surface area contributed by atoms with Gasteiger partial charge in [0.1, 0.15) is 0 Å². The number of hydrogen-bond acceptors (Lipinski definition) is 4. The lowest BCUT2D eigenvalue weighted by Gasteiger charge is -2.17. The van der Waals surface area contributed by atoms with E-state index in [4.69, 9.17) is 0 Å². The van der Waals surface area contributed by atoms with Gasteiger partial charge in [-0.2, -0.15) is 0 Å². The van der Waals surface area contributed by atoms with Crippen LogP contribution in [0.1, 0.15) is 90.4 Å². The lowest BCUT2D eigenvalue weighted by Crippen LogP contribution is -2.39. The van der Waals surface area contributed by atoms with Gasteiger partial charge in [0.2, 0.25) is 0 Å². The van der Waals surface area contributed by atoms with Crippen LogP contribution in [0.4, 0.5) is 0 Å². The molecule has 2 N–H and O–H groups in total. The number of carbonyl (C=O) groups is 1. The molecule has 4 nitrogen and oxygen atoms in total. The Bertz CT molecular complexity index is 310. The number of esters is 1. The van der Waals surface area contributed by atoms with Crippen molar-refractivity contribution in [2.24, 2.45) is 0 Å². The Morgan fingerprint density at radius 2 is 1.35 bits per heavy atom. The van der Waals surface area contributed by atoms with E-state index in [1.807, 2.05) is 0 Å². The summed E-state index contributed by atoms with van der Waals surface area (Å²) in [4.78, 5) is 11.1. The van der Waals surface area contributed by atoms with Gasteiger partial charge in [-0.25, -0.2) is 4.79 Å². The number of unbranched alkanes of at least 4 members (excludes halogenated alkanes) is 10. The highest BCUT2D eigenvalue weighted by molar-refractivity contribution is 5.76. The third kappa shape index (κ3) is 13.3. The minimum atomic E-state index is -2.33. The van der Waals surface area contributed by atoms with Crippen molar-refractivity contribution >= 4 is 5.97 Å². The van der Waals surface area contributed by atoms with E-state index in [0.717, 1.165) is 32.8 Å². The first-order valence-electron chi connectivity index (χ1n) is 9.22. The SMILES string of the molecule is CCCCCCCC/C=C\CCCCCCC(O)(O)C(=O)OC. The summed E-state index contributed by atoms with van der Waals surface area (Å²) in [5.41, 5.74) is 0. The van der Waals surface area contributed by atoms with Gasteiger partial charge in [0.05, 0.1) is 7.11 Å². The molecule has 0 aromatic heterocycles. The predicted molar refractivity (Wildman–Crippen MR) is 94.0 cm³/mol. The Hall–Kier alpha value is -0.870. The number of carbonyl (C=O) groups excluding carboxylic acids is 1. The topological polar surface area (TPSA) is 66.8 Å². The zero-order chi connectivity index (χ0) is 17.4. The quantitative estimate of drug-likeness (QED) is 0.201. The van der Waals surface area contributed by atoms with Crippen LogP contribution in [0.25, 0.3) is 0 Å². The van der Waals surface area contributed by atoms with E-state index in [2.05, 4.69) is 23.8 Å². The van der Waals surface area contributed by atoms with Crippen molar-refractivity contribution in [3.8, 4) is 0 Å². The molecule has 0 aliphatic carbocycles. The number of allylic oxidation sites excluding steroid dienone is 2. The van der Waals surface area contributed by atoms with E-state index in [1.54, 1.807) is 0 Å². The van der Waals surface area contributed by atoms with Crippen LogP contribution in [-0.2, 0) is 9.53 Å². The summed E-state index contributed by atoms with van der Waals surface area (Å²) < 4.78 is 4.34. The van der Waals surface area contributed by atoms with Gasteiger partial charge >= 0.3 is 5.97 Å². The van der Waals surface area contributed by atoms with E-state index in [9.17, 15) is 15.0 Å². The summed E-state index contributed by atoms with van der Waals surface area (Å²) in [6.07, 6.45) is 18.5. The molecule has 136 valence electrons. The minimum Gasteiger partial charge on any atom is -0.465 e. The summed E-state index contributed by atoms with van der Waals surface area (Å²) in [5.74, 6) is -3.30. The maximum absolute atomic E-state index is 11.1. The Labute approximate surface area is 141 Å². The molecule has 0 spiro atoms. The van der Waals surface area contributed by atoms with Crippen LogP contribution in [0.15, 0.2) is 12.2 Å². The van der Waals surface area contributed by atoms with Crippen molar-refractivity contribution in [1.82, 2.24) is 0 Å². The van der Waals surface area contributed by atoms with E-state index < -0.39 is 11.8 Å². The predicted octanol–water partition coefficient (Wildman–Crippen LogP) is 4.49. The number of ether oxygens (including phenoxy) is 1. The van der Waals surface area contributed by atoms with Gasteiger partial charge in [-0.05, 0) is 32.1 Å². The molecule has 0 rings (SSSR count). The van der Waals surface area contributed by atoms with Crippen molar-refractivity contribution in [2.75, 3.05) is 7.11 Å². The summed E-state index contributed by atoms with van der Waals surface area (Å²) in [7, 11) is 1.15. The van der Waals surface area contributed by atoms with Gasteiger partial charge in [0.25, 0.3) is 5.79 Å². The van der Waals surface area contributed by atoms with E-state index in [-0.39, 0.29) is 6.42 Å². The number of methoxy groups -OCH3 is 1. The van der Waals surface area contributed by atoms with Gasteiger partial charge < -0.3 is 14.9 Å². The molecule has 0 amide bonds.